The van der Waals surface area contributed by atoms with Gasteiger partial charge in [-0.2, -0.15) is 4.31 Å². The average molecular weight is 440 g/mol. The number of rotatable bonds is 7. The average Bonchev–Trinajstić information content (AvgIpc) is 3.17. The van der Waals surface area contributed by atoms with Crippen LogP contribution in [0.3, 0.4) is 0 Å². The van der Waals surface area contributed by atoms with E-state index in [9.17, 15) is 13.2 Å². The molecule has 31 heavy (non-hydrogen) atoms. The quantitative estimate of drug-likeness (QED) is 0.574. The summed E-state index contributed by atoms with van der Waals surface area (Å²) in [6.07, 6.45) is 5.10. The van der Waals surface area contributed by atoms with Crippen molar-refractivity contribution in [1.82, 2.24) is 14.2 Å². The number of hydrogen-bond acceptors (Lipinski definition) is 3. The lowest BCUT2D eigenvalue weighted by molar-refractivity contribution is -0.126. The second-order valence-corrected chi connectivity index (χ2v) is 10.2. The summed E-state index contributed by atoms with van der Waals surface area (Å²) in [5.74, 6) is -0.354. The largest absolute Gasteiger partial charge is 0.356 e. The van der Waals surface area contributed by atoms with Gasteiger partial charge in [0.2, 0.25) is 15.9 Å². The van der Waals surface area contributed by atoms with Gasteiger partial charge >= 0.3 is 0 Å². The number of piperidine rings is 1. The van der Waals surface area contributed by atoms with Crippen LogP contribution in [0.2, 0.25) is 0 Å². The number of aryl methyl sites for hydroxylation is 2. The molecule has 4 rings (SSSR count). The number of benzene rings is 2. The Morgan fingerprint density at radius 1 is 1.13 bits per heavy atom. The molecule has 1 amide bonds. The van der Waals surface area contributed by atoms with Crippen LogP contribution in [0.5, 0.6) is 0 Å². The van der Waals surface area contributed by atoms with E-state index in [-0.39, 0.29) is 23.3 Å². The van der Waals surface area contributed by atoms with Gasteiger partial charge in [-0.3, -0.25) is 4.79 Å². The van der Waals surface area contributed by atoms with Crippen LogP contribution < -0.4 is 5.32 Å². The predicted molar refractivity (Wildman–Crippen MR) is 122 cm³/mol. The first-order chi connectivity index (χ1) is 14.9. The molecule has 1 N–H and O–H groups in total. The number of amides is 1. The summed E-state index contributed by atoms with van der Waals surface area (Å²) in [6, 6.07) is 17.3. The molecule has 0 spiro atoms. The van der Waals surface area contributed by atoms with Gasteiger partial charge in [0, 0.05) is 43.8 Å². The Kier molecular flexibility index (Phi) is 6.43. The number of carbonyl (C=O) groups is 1. The third-order valence-corrected chi connectivity index (χ3v) is 7.89. The minimum atomic E-state index is -3.63. The van der Waals surface area contributed by atoms with Gasteiger partial charge in [0.1, 0.15) is 0 Å². The van der Waals surface area contributed by atoms with Crippen LogP contribution in [0.25, 0.3) is 10.9 Å². The highest BCUT2D eigenvalue weighted by Gasteiger charge is 2.33. The zero-order chi connectivity index (χ0) is 21.8. The van der Waals surface area contributed by atoms with E-state index in [1.807, 2.05) is 48.1 Å². The van der Waals surface area contributed by atoms with Gasteiger partial charge in [-0.15, -0.1) is 0 Å². The lowest BCUT2D eigenvalue weighted by Crippen LogP contribution is -2.45. The highest BCUT2D eigenvalue weighted by Crippen LogP contribution is 2.26. The molecule has 1 unspecified atom stereocenters. The Labute approximate surface area is 183 Å². The van der Waals surface area contributed by atoms with E-state index < -0.39 is 10.0 Å². The smallest absolute Gasteiger partial charge is 0.243 e. The topological polar surface area (TPSA) is 71.4 Å². The molecule has 6 nitrogen and oxygen atoms in total. The van der Waals surface area contributed by atoms with Gasteiger partial charge in [-0.25, -0.2) is 8.42 Å². The van der Waals surface area contributed by atoms with Gasteiger partial charge in [-0.1, -0.05) is 30.3 Å². The van der Waals surface area contributed by atoms with Gasteiger partial charge in [0.15, 0.2) is 0 Å². The van der Waals surface area contributed by atoms with Crippen molar-refractivity contribution in [2.24, 2.45) is 13.0 Å². The van der Waals surface area contributed by atoms with E-state index in [4.69, 9.17) is 0 Å². The van der Waals surface area contributed by atoms with E-state index in [1.165, 1.54) is 9.87 Å². The fourth-order valence-electron chi connectivity index (χ4n) is 4.24. The number of sulfonamides is 1. The van der Waals surface area contributed by atoms with Crippen molar-refractivity contribution in [3.05, 3.63) is 66.4 Å². The third-order valence-electron chi connectivity index (χ3n) is 6.03. The molecule has 3 aromatic rings. The van der Waals surface area contributed by atoms with Gasteiger partial charge in [0.05, 0.1) is 10.8 Å². The van der Waals surface area contributed by atoms with E-state index in [1.54, 1.807) is 12.1 Å². The molecule has 1 aromatic heterocycles. The third kappa shape index (κ3) is 4.83. The van der Waals surface area contributed by atoms with Crippen LogP contribution in [0.1, 0.15) is 24.8 Å². The first-order valence-corrected chi connectivity index (χ1v) is 12.3. The van der Waals surface area contributed by atoms with Crippen LogP contribution in [-0.2, 0) is 28.3 Å². The van der Waals surface area contributed by atoms with Crippen molar-refractivity contribution < 1.29 is 13.2 Å². The molecule has 7 heteroatoms. The van der Waals surface area contributed by atoms with Crippen LogP contribution in [0, 0.1) is 5.92 Å². The Bertz CT molecular complexity index is 1160. The number of carbonyl (C=O) groups excluding carboxylic acids is 1. The zero-order valence-corrected chi connectivity index (χ0v) is 18.6. The fourth-order valence-corrected chi connectivity index (χ4v) is 5.80. The summed E-state index contributed by atoms with van der Waals surface area (Å²) >= 11 is 0. The molecule has 1 aliphatic heterocycles. The lowest BCUT2D eigenvalue weighted by atomic mass is 9.99. The molecule has 2 aromatic carbocycles. The molecule has 0 saturated carbocycles. The lowest BCUT2D eigenvalue weighted by Gasteiger charge is -2.31. The molecule has 0 bridgehead atoms. The Morgan fingerprint density at radius 2 is 1.94 bits per heavy atom. The molecular weight excluding hydrogens is 410 g/mol. The fraction of sp³-hybridized carbons (Fsp3) is 0.375. The summed E-state index contributed by atoms with van der Waals surface area (Å²) < 4.78 is 29.9. The highest BCUT2D eigenvalue weighted by molar-refractivity contribution is 7.89. The first kappa shape index (κ1) is 21.6. The molecule has 1 aliphatic rings. The monoisotopic (exact) mass is 439 g/mol. The number of aromatic nitrogens is 1. The summed E-state index contributed by atoms with van der Waals surface area (Å²) in [7, 11) is -1.69. The van der Waals surface area contributed by atoms with Gasteiger partial charge in [0.25, 0.3) is 0 Å². The molecule has 1 fully saturated rings. The molecule has 0 radical (unpaired) electrons. The van der Waals surface area contributed by atoms with Gasteiger partial charge in [-0.05, 0) is 55.5 Å². The predicted octanol–water partition coefficient (Wildman–Crippen LogP) is 3.33. The normalized spacial score (nSPS) is 17.6. The van der Waals surface area contributed by atoms with Crippen molar-refractivity contribution in [1.29, 1.82) is 0 Å². The number of nitrogens with one attached hydrogen (secondary N) is 1. The summed E-state index contributed by atoms with van der Waals surface area (Å²) in [5, 5.41) is 3.89. The van der Waals surface area contributed by atoms with E-state index in [0.717, 1.165) is 23.7 Å². The van der Waals surface area contributed by atoms with Gasteiger partial charge < -0.3 is 9.88 Å². The second-order valence-electron chi connectivity index (χ2n) is 8.23. The molecule has 0 aliphatic carbocycles. The highest BCUT2D eigenvalue weighted by atomic mass is 32.2. The molecule has 1 atom stereocenters. The Morgan fingerprint density at radius 3 is 2.74 bits per heavy atom. The van der Waals surface area contributed by atoms with Crippen molar-refractivity contribution in [2.75, 3.05) is 19.6 Å². The van der Waals surface area contributed by atoms with Crippen molar-refractivity contribution in [2.45, 2.75) is 30.6 Å². The maximum atomic E-state index is 13.2. The van der Waals surface area contributed by atoms with E-state index >= 15 is 0 Å². The Balaban J connectivity index is 1.35. The summed E-state index contributed by atoms with van der Waals surface area (Å²) in [6.45, 7) is 1.29. The number of hydrogen-bond donors (Lipinski definition) is 1. The first-order valence-electron chi connectivity index (χ1n) is 10.8. The van der Waals surface area contributed by atoms with Crippen molar-refractivity contribution in [3.8, 4) is 0 Å². The number of fused-ring (bicyclic) bond motifs is 1. The minimum Gasteiger partial charge on any atom is -0.356 e. The van der Waals surface area contributed by atoms with E-state index in [0.29, 0.717) is 25.9 Å². The van der Waals surface area contributed by atoms with Crippen LogP contribution in [-0.4, -0.2) is 42.8 Å². The van der Waals surface area contributed by atoms with Crippen LogP contribution >= 0.6 is 0 Å². The number of nitrogens with zero attached hydrogens (tertiary/aromatic N) is 2. The minimum absolute atomic E-state index is 0.0496. The van der Waals surface area contributed by atoms with Crippen LogP contribution in [0.4, 0.5) is 0 Å². The maximum absolute atomic E-state index is 13.2. The molecule has 2 heterocycles. The zero-order valence-electron chi connectivity index (χ0n) is 17.8. The summed E-state index contributed by atoms with van der Waals surface area (Å²) in [5.41, 5.74) is 2.24. The van der Waals surface area contributed by atoms with Crippen molar-refractivity contribution in [3.63, 3.8) is 0 Å². The maximum Gasteiger partial charge on any atom is 0.243 e. The molecule has 1 saturated heterocycles. The summed E-state index contributed by atoms with van der Waals surface area (Å²) in [4.78, 5) is 12.9. The van der Waals surface area contributed by atoms with Crippen molar-refractivity contribution >= 4 is 26.8 Å². The SMILES string of the molecule is Cn1ccc2cc(S(=O)(=O)N3CCCC(C(=O)NCCCc4ccccc4)C3)ccc21. The van der Waals surface area contributed by atoms with Crippen LogP contribution in [0.15, 0.2) is 65.7 Å². The van der Waals surface area contributed by atoms with E-state index in [2.05, 4.69) is 17.4 Å². The standard InChI is InChI=1S/C24H29N3O3S/c1-26-16-13-20-17-22(11-12-23(20)26)31(29,30)27-15-6-10-21(18-27)24(28)25-14-5-9-19-7-3-2-4-8-19/h2-4,7-8,11-13,16-17,21H,5-6,9-10,14-15,18H2,1H3,(H,25,28). The molecule has 164 valence electrons. The second kappa shape index (κ2) is 9.24. The molecular formula is C24H29N3O3S. The Hall–Kier alpha value is -2.64.